The van der Waals surface area contributed by atoms with E-state index in [1.807, 2.05) is 0 Å². The maximum absolute atomic E-state index is 10.3. The number of hydrogen-bond donors (Lipinski definition) is 2. The SMILES string of the molecule is [15NH2][13CH2]C(=O)CCC(=O)O. The van der Waals surface area contributed by atoms with Gasteiger partial charge in [-0.2, -0.15) is 0 Å². The molecule has 0 fully saturated rings. The first-order chi connectivity index (χ1) is 4.16. The first-order valence-electron chi connectivity index (χ1n) is 2.60. The summed E-state index contributed by atoms with van der Waals surface area (Å²) in [5, 5.41) is 8.06. The molecule has 0 atom stereocenters. The molecule has 4 nitrogen and oxygen atoms in total. The number of Topliss-reactive ketones (excluding diaryl/α,β-unsaturated/α-hetero) is 1. The Morgan fingerprint density at radius 1 is 1.33 bits per heavy atom. The molecule has 0 aliphatic carbocycles. The average Bonchev–Trinajstić information content (AvgIpc) is 1.83. The molecule has 4 heteroatoms. The predicted octanol–water partition coefficient (Wildman–Crippen LogP) is -0.621. The van der Waals surface area contributed by atoms with Gasteiger partial charge in [-0.15, -0.1) is 0 Å². The van der Waals surface area contributed by atoms with Crippen molar-refractivity contribution in [3.05, 3.63) is 0 Å². The fourth-order valence-electron chi connectivity index (χ4n) is 0.348. The molecule has 9 heavy (non-hydrogen) atoms. The van der Waals surface area contributed by atoms with E-state index in [1.165, 1.54) is 0 Å². The fraction of sp³-hybridized carbons (Fsp3) is 0.600. The quantitative estimate of drug-likeness (QED) is 0.395. The molecule has 0 aromatic rings. The second kappa shape index (κ2) is 4.03. The summed E-state index contributed by atoms with van der Waals surface area (Å²) in [4.78, 5) is 20.2. The highest BCUT2D eigenvalue weighted by molar-refractivity contribution is 5.83. The van der Waals surface area contributed by atoms with Crippen LogP contribution in [0.4, 0.5) is 0 Å². The van der Waals surface area contributed by atoms with Crippen LogP contribution in [0.5, 0.6) is 0 Å². The summed E-state index contributed by atoms with van der Waals surface area (Å²) in [6, 6.07) is 0. The minimum Gasteiger partial charge on any atom is -0.481 e. The van der Waals surface area contributed by atoms with Crippen LogP contribution in [0, 0.1) is 0 Å². The number of carboxylic acids is 1. The minimum atomic E-state index is -0.961. The standard InChI is InChI=1S/C5H9NO3/c6-3-4(7)1-2-5(8)9/h1-3,6H2,(H,8,9)/i3+1,6+1. The Labute approximate surface area is 52.7 Å². The summed E-state index contributed by atoms with van der Waals surface area (Å²) < 4.78 is 0. The highest BCUT2D eigenvalue weighted by atomic mass is 16.4. The molecule has 3 N–H and O–H groups in total. The molecule has 0 rings (SSSR count). The molecule has 0 aliphatic rings. The van der Waals surface area contributed by atoms with E-state index in [0.29, 0.717) is 0 Å². The molecule has 52 valence electrons. The van der Waals surface area contributed by atoms with Crippen LogP contribution in [0.3, 0.4) is 0 Å². The Balaban J connectivity index is 3.28. The van der Waals surface area contributed by atoms with E-state index in [1.54, 1.807) is 0 Å². The van der Waals surface area contributed by atoms with Gasteiger partial charge in [0, 0.05) is 6.42 Å². The van der Waals surface area contributed by atoms with Crippen LogP contribution in [0.15, 0.2) is 0 Å². The van der Waals surface area contributed by atoms with Gasteiger partial charge in [-0.05, 0) is 0 Å². The molecular formula is C5H9NO3. The van der Waals surface area contributed by atoms with Crippen LogP contribution in [0.25, 0.3) is 0 Å². The Morgan fingerprint density at radius 2 is 1.89 bits per heavy atom. The number of hydrogen-bond acceptors (Lipinski definition) is 3. The number of nitrogens with two attached hydrogens (primary N) is 1. The van der Waals surface area contributed by atoms with Crippen LogP contribution >= 0.6 is 0 Å². The van der Waals surface area contributed by atoms with Gasteiger partial charge in [0.05, 0.1) is 13.0 Å². The van der Waals surface area contributed by atoms with Crippen molar-refractivity contribution < 1.29 is 14.7 Å². The van der Waals surface area contributed by atoms with E-state index in [-0.39, 0.29) is 25.2 Å². The van der Waals surface area contributed by atoms with Crippen molar-refractivity contribution in [1.29, 1.82) is 0 Å². The largest absolute Gasteiger partial charge is 0.481 e. The Morgan fingerprint density at radius 3 is 2.22 bits per heavy atom. The van der Waals surface area contributed by atoms with Crippen LogP contribution in [0.2, 0.25) is 0 Å². The zero-order chi connectivity index (χ0) is 7.28. The Hall–Kier alpha value is -0.900. The van der Waals surface area contributed by atoms with Gasteiger partial charge in [0.1, 0.15) is 5.78 Å². The summed E-state index contributed by atoms with van der Waals surface area (Å²) >= 11 is 0. The lowest BCUT2D eigenvalue weighted by Crippen LogP contribution is -2.14. The molecule has 0 saturated carbocycles. The van der Waals surface area contributed by atoms with Crippen molar-refractivity contribution in [2.45, 2.75) is 12.8 Å². The maximum atomic E-state index is 10.3. The third kappa shape index (κ3) is 4.96. The van der Waals surface area contributed by atoms with Gasteiger partial charge in [-0.25, -0.2) is 0 Å². The summed E-state index contributed by atoms with van der Waals surface area (Å²) in [7, 11) is 0. The normalized spacial score (nSPS) is 9.00. The van der Waals surface area contributed by atoms with Gasteiger partial charge in [-0.1, -0.05) is 0 Å². The van der Waals surface area contributed by atoms with Crippen molar-refractivity contribution >= 4 is 11.8 Å². The van der Waals surface area contributed by atoms with E-state index < -0.39 is 5.97 Å². The molecule has 0 unspecified atom stereocenters. The molecule has 0 aliphatic heterocycles. The maximum Gasteiger partial charge on any atom is 0.303 e. The molecule has 0 aromatic carbocycles. The van der Waals surface area contributed by atoms with Gasteiger partial charge in [0.25, 0.3) is 0 Å². The van der Waals surface area contributed by atoms with Gasteiger partial charge < -0.3 is 10.8 Å². The molecule has 0 amide bonds. The first-order valence-corrected chi connectivity index (χ1v) is 2.60. The van der Waals surface area contributed by atoms with Gasteiger partial charge >= 0.3 is 5.97 Å². The number of rotatable bonds is 4. The average molecular weight is 133 g/mol. The second-order valence-corrected chi connectivity index (χ2v) is 1.64. The van der Waals surface area contributed by atoms with E-state index in [9.17, 15) is 9.59 Å². The number of carbonyl (C=O) groups is 2. The molecular weight excluding hydrogens is 124 g/mol. The third-order valence-electron chi connectivity index (χ3n) is 0.845. The number of aliphatic carboxylic acids is 1. The molecule has 0 bridgehead atoms. The van der Waals surface area contributed by atoms with Crippen molar-refractivity contribution in [3.63, 3.8) is 0 Å². The zero-order valence-electron chi connectivity index (χ0n) is 4.96. The molecule has 0 heterocycles. The predicted molar refractivity (Wildman–Crippen MR) is 30.9 cm³/mol. The van der Waals surface area contributed by atoms with E-state index >= 15 is 0 Å². The molecule has 0 aromatic heterocycles. The third-order valence-corrected chi connectivity index (χ3v) is 0.845. The minimum absolute atomic E-state index is 0.0475. The fourth-order valence-corrected chi connectivity index (χ4v) is 0.348. The van der Waals surface area contributed by atoms with Gasteiger partial charge in [0.15, 0.2) is 0 Å². The van der Waals surface area contributed by atoms with Crippen LogP contribution in [-0.4, -0.2) is 23.4 Å². The second-order valence-electron chi connectivity index (χ2n) is 1.64. The summed E-state index contributed by atoms with van der Waals surface area (Å²) in [5.41, 5.74) is 4.92. The van der Waals surface area contributed by atoms with Crippen LogP contribution in [-0.2, 0) is 9.59 Å². The van der Waals surface area contributed by atoms with Crippen molar-refractivity contribution in [2.75, 3.05) is 6.54 Å². The van der Waals surface area contributed by atoms with E-state index in [2.05, 4.69) is 0 Å². The van der Waals surface area contributed by atoms with E-state index in [0.717, 1.165) is 0 Å². The van der Waals surface area contributed by atoms with Crippen molar-refractivity contribution in [2.24, 2.45) is 5.73 Å². The summed E-state index contributed by atoms with van der Waals surface area (Å²) in [6.45, 7) is -0.0622. The lowest BCUT2D eigenvalue weighted by Gasteiger charge is -1.90. The molecule has 0 saturated heterocycles. The zero-order valence-corrected chi connectivity index (χ0v) is 4.96. The summed E-state index contributed by atoms with van der Waals surface area (Å²) in [5.74, 6) is -1.17. The number of carbonyl (C=O) groups excluding carboxylic acids is 1. The topological polar surface area (TPSA) is 80.4 Å². The van der Waals surface area contributed by atoms with Crippen molar-refractivity contribution in [3.8, 4) is 0 Å². The van der Waals surface area contributed by atoms with Crippen LogP contribution in [0.1, 0.15) is 12.8 Å². The lowest BCUT2D eigenvalue weighted by atomic mass is 10.3. The molecule has 0 radical (unpaired) electrons. The van der Waals surface area contributed by atoms with Crippen molar-refractivity contribution in [1.82, 2.24) is 0 Å². The summed E-state index contributed by atoms with van der Waals surface area (Å²) in [6.07, 6.45) is -0.0676. The Kier molecular flexibility index (Phi) is 3.62. The van der Waals surface area contributed by atoms with Crippen LogP contribution < -0.4 is 5.73 Å². The first kappa shape index (κ1) is 8.10. The monoisotopic (exact) mass is 133 g/mol. The number of ketones is 1. The Bertz CT molecular complexity index is 121. The van der Waals surface area contributed by atoms with Gasteiger partial charge in [0.2, 0.25) is 0 Å². The van der Waals surface area contributed by atoms with Gasteiger partial charge in [-0.3, -0.25) is 9.59 Å². The highest BCUT2D eigenvalue weighted by Crippen LogP contribution is 1.87. The lowest BCUT2D eigenvalue weighted by molar-refractivity contribution is -0.138. The van der Waals surface area contributed by atoms with E-state index in [4.69, 9.17) is 10.8 Å². The highest BCUT2D eigenvalue weighted by Gasteiger charge is 2.01. The molecule has 0 spiro atoms. The smallest absolute Gasteiger partial charge is 0.303 e. The number of carboxylic acid groups (broad SMARTS) is 1.